The summed E-state index contributed by atoms with van der Waals surface area (Å²) in [5.74, 6) is 0.590. The zero-order valence-corrected chi connectivity index (χ0v) is 22.0. The molecule has 0 amide bonds. The van der Waals surface area contributed by atoms with Crippen LogP contribution in [-0.2, 0) is 17.5 Å². The number of carbonyl (C=O) groups excluding carboxylic acids is 1. The number of alkyl halides is 3. The van der Waals surface area contributed by atoms with Crippen LogP contribution in [0.15, 0.2) is 31.1 Å². The lowest BCUT2D eigenvalue weighted by Crippen LogP contribution is -2.33. The van der Waals surface area contributed by atoms with E-state index in [9.17, 15) is 18.0 Å². The lowest BCUT2D eigenvalue weighted by molar-refractivity contribution is -0.137. The number of carbonyl (C=O) groups is 1. The SMILES string of the molecule is C=C(c1cnc(Cl)c(Cn2cc(C)c3cc(C(F)(F)F)cc(C)c32)c1Cl)N1CCC(CC(C)=O)CC1. The van der Waals surface area contributed by atoms with Crippen molar-refractivity contribution < 1.29 is 18.0 Å². The van der Waals surface area contributed by atoms with Gasteiger partial charge in [-0.1, -0.05) is 29.8 Å². The van der Waals surface area contributed by atoms with Gasteiger partial charge in [0, 0.05) is 54.1 Å². The van der Waals surface area contributed by atoms with E-state index in [0.29, 0.717) is 45.0 Å². The summed E-state index contributed by atoms with van der Waals surface area (Å²) in [6, 6.07) is 2.34. The molecule has 0 unspecified atom stereocenters. The Morgan fingerprint density at radius 2 is 1.83 bits per heavy atom. The highest BCUT2D eigenvalue weighted by Gasteiger charge is 2.32. The fourth-order valence-corrected chi connectivity index (χ4v) is 5.68. The van der Waals surface area contributed by atoms with Gasteiger partial charge in [-0.3, -0.25) is 0 Å². The van der Waals surface area contributed by atoms with Crippen molar-refractivity contribution in [2.75, 3.05) is 13.1 Å². The highest BCUT2D eigenvalue weighted by molar-refractivity contribution is 6.36. The molecule has 0 spiro atoms. The molecular weight excluding hydrogens is 510 g/mol. The number of pyridine rings is 1. The van der Waals surface area contributed by atoms with Gasteiger partial charge in [-0.2, -0.15) is 13.2 Å². The maximum absolute atomic E-state index is 13.4. The molecule has 1 saturated heterocycles. The van der Waals surface area contributed by atoms with Crippen LogP contribution < -0.4 is 0 Å². The van der Waals surface area contributed by atoms with Gasteiger partial charge in [0.25, 0.3) is 0 Å². The number of benzene rings is 1. The number of fused-ring (bicyclic) bond motifs is 1. The molecule has 3 aromatic rings. The number of piperidine rings is 1. The quantitative estimate of drug-likeness (QED) is 0.302. The van der Waals surface area contributed by atoms with Crippen LogP contribution in [0.5, 0.6) is 0 Å². The number of halogens is 5. The zero-order valence-electron chi connectivity index (χ0n) is 20.5. The molecule has 1 fully saturated rings. The molecule has 1 aromatic carbocycles. The molecular formula is C27H28Cl2F3N3O. The minimum absolute atomic E-state index is 0.208. The van der Waals surface area contributed by atoms with E-state index in [1.165, 1.54) is 6.07 Å². The molecule has 4 rings (SSSR count). The third kappa shape index (κ3) is 5.28. The molecule has 1 aliphatic heterocycles. The maximum atomic E-state index is 13.4. The van der Waals surface area contributed by atoms with E-state index in [1.807, 2.05) is 10.8 Å². The van der Waals surface area contributed by atoms with E-state index < -0.39 is 11.7 Å². The van der Waals surface area contributed by atoms with Crippen molar-refractivity contribution in [3.05, 3.63) is 69.1 Å². The lowest BCUT2D eigenvalue weighted by atomic mass is 9.91. The van der Waals surface area contributed by atoms with E-state index in [4.69, 9.17) is 23.2 Å². The van der Waals surface area contributed by atoms with Crippen molar-refractivity contribution >= 4 is 45.6 Å². The van der Waals surface area contributed by atoms with E-state index >= 15 is 0 Å². The number of aromatic nitrogens is 2. The van der Waals surface area contributed by atoms with Crippen LogP contribution in [-0.4, -0.2) is 33.3 Å². The number of nitrogens with zero attached hydrogens (tertiary/aromatic N) is 3. The molecule has 1 aliphatic rings. The summed E-state index contributed by atoms with van der Waals surface area (Å²) in [6.45, 7) is 11.1. The summed E-state index contributed by atoms with van der Waals surface area (Å²) in [6.07, 6.45) is 1.40. The fourth-order valence-electron chi connectivity index (χ4n) is 5.12. The van der Waals surface area contributed by atoms with Crippen molar-refractivity contribution in [1.29, 1.82) is 0 Å². The van der Waals surface area contributed by atoms with Crippen LogP contribution in [0.4, 0.5) is 13.2 Å². The lowest BCUT2D eigenvalue weighted by Gasteiger charge is -2.35. The molecule has 4 nitrogen and oxygen atoms in total. The Morgan fingerprint density at radius 3 is 2.44 bits per heavy atom. The van der Waals surface area contributed by atoms with Gasteiger partial charge in [0.1, 0.15) is 10.9 Å². The Bertz CT molecular complexity index is 1340. The van der Waals surface area contributed by atoms with Gasteiger partial charge in [-0.15, -0.1) is 0 Å². The van der Waals surface area contributed by atoms with Crippen LogP contribution in [0, 0.1) is 19.8 Å². The van der Waals surface area contributed by atoms with Gasteiger partial charge < -0.3 is 14.3 Å². The average molecular weight is 538 g/mol. The minimum atomic E-state index is -4.42. The van der Waals surface area contributed by atoms with E-state index in [-0.39, 0.29) is 17.5 Å². The van der Waals surface area contributed by atoms with E-state index in [0.717, 1.165) is 43.3 Å². The molecule has 0 radical (unpaired) electrons. The third-order valence-electron chi connectivity index (χ3n) is 6.96. The Morgan fingerprint density at radius 1 is 1.17 bits per heavy atom. The number of aryl methyl sites for hydroxylation is 2. The van der Waals surface area contributed by atoms with Gasteiger partial charge in [0.2, 0.25) is 0 Å². The van der Waals surface area contributed by atoms with Crippen molar-refractivity contribution in [2.24, 2.45) is 5.92 Å². The molecule has 0 bridgehead atoms. The number of hydrogen-bond acceptors (Lipinski definition) is 3. The van der Waals surface area contributed by atoms with Gasteiger partial charge in [0.15, 0.2) is 0 Å². The summed E-state index contributed by atoms with van der Waals surface area (Å²) in [7, 11) is 0. The largest absolute Gasteiger partial charge is 0.416 e. The number of rotatable bonds is 6. The van der Waals surface area contributed by atoms with Crippen molar-refractivity contribution in [3.8, 4) is 0 Å². The van der Waals surface area contributed by atoms with Gasteiger partial charge in [-0.05, 0) is 62.8 Å². The number of ketones is 1. The molecule has 2 aromatic heterocycles. The predicted octanol–water partition coefficient (Wildman–Crippen LogP) is 7.69. The van der Waals surface area contributed by atoms with Crippen LogP contribution in [0.2, 0.25) is 10.2 Å². The zero-order chi connectivity index (χ0) is 26.4. The number of hydrogen-bond donors (Lipinski definition) is 0. The summed E-state index contributed by atoms with van der Waals surface area (Å²) < 4.78 is 42.0. The fraction of sp³-hybridized carbons (Fsp3) is 0.407. The Labute approximate surface area is 218 Å². The number of Topliss-reactive ketones (excluding diaryl/α,β-unsaturated/α-hetero) is 1. The molecule has 192 valence electrons. The van der Waals surface area contributed by atoms with Crippen LogP contribution in [0.25, 0.3) is 16.6 Å². The topological polar surface area (TPSA) is 38.1 Å². The normalized spacial score (nSPS) is 15.1. The second-order valence-electron chi connectivity index (χ2n) is 9.67. The van der Waals surface area contributed by atoms with Crippen molar-refractivity contribution in [2.45, 2.75) is 52.8 Å². The summed E-state index contributed by atoms with van der Waals surface area (Å²) >= 11 is 13.3. The Hall–Kier alpha value is -2.51. The summed E-state index contributed by atoms with van der Waals surface area (Å²) in [5.41, 5.74) is 3.27. The minimum Gasteiger partial charge on any atom is -0.371 e. The monoisotopic (exact) mass is 537 g/mol. The molecule has 0 N–H and O–H groups in total. The van der Waals surface area contributed by atoms with Crippen molar-refractivity contribution in [3.63, 3.8) is 0 Å². The number of likely N-dealkylation sites (tertiary alicyclic amines) is 1. The average Bonchev–Trinajstić information content (AvgIpc) is 3.11. The van der Waals surface area contributed by atoms with E-state index in [2.05, 4.69) is 16.5 Å². The Balaban J connectivity index is 1.64. The predicted molar refractivity (Wildman–Crippen MR) is 138 cm³/mol. The second-order valence-corrected chi connectivity index (χ2v) is 10.4. The molecule has 0 saturated carbocycles. The molecule has 0 aliphatic carbocycles. The van der Waals surface area contributed by atoms with E-state index in [1.54, 1.807) is 27.0 Å². The third-order valence-corrected chi connectivity index (χ3v) is 7.72. The van der Waals surface area contributed by atoms with Gasteiger partial charge >= 0.3 is 6.18 Å². The van der Waals surface area contributed by atoms with Crippen LogP contribution >= 0.6 is 23.2 Å². The van der Waals surface area contributed by atoms with Gasteiger partial charge in [-0.25, -0.2) is 4.98 Å². The first kappa shape index (κ1) is 26.6. The molecule has 36 heavy (non-hydrogen) atoms. The molecule has 3 heterocycles. The first-order valence-corrected chi connectivity index (χ1v) is 12.6. The summed E-state index contributed by atoms with van der Waals surface area (Å²) in [5, 5.41) is 1.20. The highest BCUT2D eigenvalue weighted by atomic mass is 35.5. The standard InChI is InChI=1S/C27H28Cl2F3N3O/c1-15-9-20(27(30,31)32)11-21-16(2)13-35(25(15)21)14-23-24(28)22(12-33-26(23)29)18(4)34-7-5-19(6-8-34)10-17(3)36/h9,11-13,19H,4-8,10,14H2,1-3H3. The van der Waals surface area contributed by atoms with Crippen molar-refractivity contribution in [1.82, 2.24) is 14.5 Å². The second kappa shape index (κ2) is 10.1. The maximum Gasteiger partial charge on any atom is 0.416 e. The van der Waals surface area contributed by atoms with Crippen LogP contribution in [0.1, 0.15) is 54.0 Å². The Kier molecular flexibility index (Phi) is 7.45. The van der Waals surface area contributed by atoms with Crippen LogP contribution in [0.3, 0.4) is 0 Å². The molecule has 9 heteroatoms. The smallest absolute Gasteiger partial charge is 0.371 e. The first-order valence-electron chi connectivity index (χ1n) is 11.8. The molecule has 0 atom stereocenters. The summed E-state index contributed by atoms with van der Waals surface area (Å²) in [4.78, 5) is 18.0. The first-order chi connectivity index (χ1) is 16.9. The highest BCUT2D eigenvalue weighted by Crippen LogP contribution is 2.37. The van der Waals surface area contributed by atoms with Gasteiger partial charge in [0.05, 0.1) is 22.6 Å².